The quantitative estimate of drug-likeness (QED) is 0.318. The van der Waals surface area contributed by atoms with Gasteiger partial charge in [-0.15, -0.1) is 0 Å². The van der Waals surface area contributed by atoms with Gasteiger partial charge in [-0.25, -0.2) is 0 Å². The Hall–Kier alpha value is -2.04. The van der Waals surface area contributed by atoms with Crippen LogP contribution in [0.3, 0.4) is 0 Å². The summed E-state index contributed by atoms with van der Waals surface area (Å²) in [5.41, 5.74) is 7.12. The van der Waals surface area contributed by atoms with Crippen LogP contribution in [0, 0.1) is 5.92 Å². The molecule has 0 saturated heterocycles. The lowest BCUT2D eigenvalue weighted by atomic mass is 10.0. The fourth-order valence-corrected chi connectivity index (χ4v) is 1.85. The molecule has 19 heavy (non-hydrogen) atoms. The number of amides is 1. The largest absolute Gasteiger partial charge is 0.409 e. The molecule has 104 valence electrons. The number of carbonyl (C=O) groups excluding carboxylic acids is 1. The molecule has 0 unspecified atom stereocenters. The number of nitrogens with two attached hydrogens (primary N) is 1. The van der Waals surface area contributed by atoms with Crippen LogP contribution < -0.4 is 11.1 Å². The lowest BCUT2D eigenvalue weighted by Gasteiger charge is -2.13. The van der Waals surface area contributed by atoms with Crippen molar-refractivity contribution in [2.75, 3.05) is 5.32 Å². The number of oxime groups is 1. The maximum Gasteiger partial charge on any atom is 0.227 e. The third-order valence-corrected chi connectivity index (χ3v) is 3.09. The Balaban J connectivity index is 2.64. The van der Waals surface area contributed by atoms with Crippen LogP contribution >= 0.6 is 0 Å². The molecule has 1 aromatic carbocycles. The van der Waals surface area contributed by atoms with Gasteiger partial charge < -0.3 is 16.3 Å². The van der Waals surface area contributed by atoms with E-state index in [2.05, 4.69) is 10.5 Å². The molecule has 0 aromatic heterocycles. The van der Waals surface area contributed by atoms with Gasteiger partial charge in [-0.05, 0) is 30.5 Å². The molecule has 0 spiro atoms. The van der Waals surface area contributed by atoms with E-state index < -0.39 is 0 Å². The van der Waals surface area contributed by atoms with Gasteiger partial charge in [0.2, 0.25) is 5.91 Å². The average molecular weight is 263 g/mol. The van der Waals surface area contributed by atoms with Crippen LogP contribution in [0.2, 0.25) is 0 Å². The molecule has 0 aliphatic carbocycles. The van der Waals surface area contributed by atoms with Gasteiger partial charge in [0, 0.05) is 18.0 Å². The highest BCUT2D eigenvalue weighted by Crippen LogP contribution is 2.14. The number of hydrogen-bond acceptors (Lipinski definition) is 3. The summed E-state index contributed by atoms with van der Waals surface area (Å²) in [5.74, 6) is 0.264. The first-order valence-electron chi connectivity index (χ1n) is 6.46. The Morgan fingerprint density at radius 1 is 1.32 bits per heavy atom. The van der Waals surface area contributed by atoms with E-state index in [1.165, 1.54) is 0 Å². The van der Waals surface area contributed by atoms with Gasteiger partial charge in [-0.3, -0.25) is 4.79 Å². The molecule has 1 amide bonds. The molecule has 4 N–H and O–H groups in total. The first kappa shape index (κ1) is 15.0. The number of anilines is 1. The summed E-state index contributed by atoms with van der Waals surface area (Å²) in [4.78, 5) is 11.9. The maximum atomic E-state index is 11.9. The molecule has 0 bridgehead atoms. The summed E-state index contributed by atoms with van der Waals surface area (Å²) in [6.07, 6.45) is 2.06. The van der Waals surface area contributed by atoms with Crippen LogP contribution in [0.15, 0.2) is 29.4 Å². The number of carbonyl (C=O) groups is 1. The summed E-state index contributed by atoms with van der Waals surface area (Å²) in [7, 11) is 0. The van der Waals surface area contributed by atoms with Crippen LogP contribution in [0.25, 0.3) is 0 Å². The zero-order chi connectivity index (χ0) is 14.3. The molecule has 0 fully saturated rings. The van der Waals surface area contributed by atoms with Crippen molar-refractivity contribution in [3.05, 3.63) is 29.8 Å². The Labute approximate surface area is 113 Å². The van der Waals surface area contributed by atoms with E-state index >= 15 is 0 Å². The minimum Gasteiger partial charge on any atom is -0.409 e. The number of nitrogens with one attached hydrogen (secondary N) is 1. The van der Waals surface area contributed by atoms with Crippen molar-refractivity contribution in [3.8, 4) is 0 Å². The lowest BCUT2D eigenvalue weighted by Crippen LogP contribution is -2.21. The molecule has 5 heteroatoms. The molecule has 0 aliphatic rings. The lowest BCUT2D eigenvalue weighted by molar-refractivity contribution is -0.120. The first-order chi connectivity index (χ1) is 9.10. The Morgan fingerprint density at radius 3 is 2.37 bits per heavy atom. The van der Waals surface area contributed by atoms with Crippen molar-refractivity contribution in [1.29, 1.82) is 0 Å². The summed E-state index contributed by atoms with van der Waals surface area (Å²) in [6, 6.07) is 7.33. The van der Waals surface area contributed by atoms with Crippen molar-refractivity contribution < 1.29 is 10.0 Å². The third kappa shape index (κ3) is 4.62. The fourth-order valence-electron chi connectivity index (χ4n) is 1.85. The summed E-state index contributed by atoms with van der Waals surface area (Å²) >= 11 is 0. The highest BCUT2D eigenvalue weighted by Gasteiger charge is 2.13. The second kappa shape index (κ2) is 7.41. The molecule has 0 heterocycles. The van der Waals surface area contributed by atoms with Gasteiger partial charge in [0.25, 0.3) is 0 Å². The molecule has 5 nitrogen and oxygen atoms in total. The predicted octanol–water partition coefficient (Wildman–Crippen LogP) is 2.35. The fraction of sp³-hybridized carbons (Fsp3) is 0.429. The second-order valence-corrected chi connectivity index (χ2v) is 4.47. The minimum atomic E-state index is 0.0502. The van der Waals surface area contributed by atoms with Gasteiger partial charge in [0.05, 0.1) is 0 Å². The SMILES string of the molecule is CCC(CC)C(=O)Nc1ccc(CC(N)=NO)cc1. The highest BCUT2D eigenvalue weighted by molar-refractivity contribution is 5.92. The molecule has 0 radical (unpaired) electrons. The third-order valence-electron chi connectivity index (χ3n) is 3.09. The summed E-state index contributed by atoms with van der Waals surface area (Å²) in [6.45, 7) is 4.02. The summed E-state index contributed by atoms with van der Waals surface area (Å²) < 4.78 is 0. The number of rotatable bonds is 6. The Bertz CT molecular complexity index is 437. The van der Waals surface area contributed by atoms with E-state index in [0.717, 1.165) is 24.1 Å². The minimum absolute atomic E-state index is 0.0502. The molecule has 1 aromatic rings. The van der Waals surface area contributed by atoms with Gasteiger partial charge in [-0.1, -0.05) is 31.1 Å². The number of nitrogens with zero attached hydrogens (tertiary/aromatic N) is 1. The van der Waals surface area contributed by atoms with E-state index in [4.69, 9.17) is 10.9 Å². The summed E-state index contributed by atoms with van der Waals surface area (Å²) in [5, 5.41) is 14.3. The van der Waals surface area contributed by atoms with Crippen molar-refractivity contribution in [2.24, 2.45) is 16.8 Å². The van der Waals surface area contributed by atoms with Gasteiger partial charge in [0.15, 0.2) is 0 Å². The Morgan fingerprint density at radius 2 is 1.89 bits per heavy atom. The van der Waals surface area contributed by atoms with Crippen LogP contribution in [0.5, 0.6) is 0 Å². The number of amidine groups is 1. The number of hydrogen-bond donors (Lipinski definition) is 3. The average Bonchev–Trinajstić information content (AvgIpc) is 2.42. The van der Waals surface area contributed by atoms with E-state index in [-0.39, 0.29) is 17.7 Å². The molecule has 0 saturated carbocycles. The van der Waals surface area contributed by atoms with E-state index in [9.17, 15) is 4.79 Å². The van der Waals surface area contributed by atoms with Gasteiger partial charge in [-0.2, -0.15) is 0 Å². The van der Waals surface area contributed by atoms with Crippen LogP contribution in [0.4, 0.5) is 5.69 Å². The standard InChI is InChI=1S/C14H21N3O2/c1-3-11(4-2)14(18)16-12-7-5-10(6-8-12)9-13(15)17-19/h5-8,11,19H,3-4,9H2,1-2H3,(H2,15,17)(H,16,18). The second-order valence-electron chi connectivity index (χ2n) is 4.47. The van der Waals surface area contributed by atoms with Gasteiger partial charge >= 0.3 is 0 Å². The maximum absolute atomic E-state index is 11.9. The predicted molar refractivity (Wildman–Crippen MR) is 76.3 cm³/mol. The van der Waals surface area contributed by atoms with Crippen LogP contribution in [-0.4, -0.2) is 17.0 Å². The van der Waals surface area contributed by atoms with Crippen molar-refractivity contribution >= 4 is 17.4 Å². The Kier molecular flexibility index (Phi) is 5.85. The van der Waals surface area contributed by atoms with E-state index in [0.29, 0.717) is 6.42 Å². The monoisotopic (exact) mass is 263 g/mol. The van der Waals surface area contributed by atoms with E-state index in [1.807, 2.05) is 38.1 Å². The topological polar surface area (TPSA) is 87.7 Å². The first-order valence-corrected chi connectivity index (χ1v) is 6.46. The smallest absolute Gasteiger partial charge is 0.227 e. The molecular formula is C14H21N3O2. The van der Waals surface area contributed by atoms with Gasteiger partial charge in [0.1, 0.15) is 5.84 Å². The highest BCUT2D eigenvalue weighted by atomic mass is 16.4. The molecule has 1 rings (SSSR count). The van der Waals surface area contributed by atoms with Crippen molar-refractivity contribution in [3.63, 3.8) is 0 Å². The normalized spacial score (nSPS) is 11.6. The van der Waals surface area contributed by atoms with Crippen LogP contribution in [-0.2, 0) is 11.2 Å². The van der Waals surface area contributed by atoms with Crippen molar-refractivity contribution in [2.45, 2.75) is 33.1 Å². The zero-order valence-corrected chi connectivity index (χ0v) is 11.4. The number of benzene rings is 1. The van der Waals surface area contributed by atoms with Crippen LogP contribution in [0.1, 0.15) is 32.3 Å². The molecule has 0 atom stereocenters. The zero-order valence-electron chi connectivity index (χ0n) is 11.4. The van der Waals surface area contributed by atoms with Crippen molar-refractivity contribution in [1.82, 2.24) is 0 Å². The molecule has 0 aliphatic heterocycles. The molecular weight excluding hydrogens is 242 g/mol. The van der Waals surface area contributed by atoms with E-state index in [1.54, 1.807) is 0 Å².